The van der Waals surface area contributed by atoms with Gasteiger partial charge in [0.05, 0.1) is 0 Å². The molecular weight excluding hydrogens is 244 g/mol. The third-order valence-corrected chi connectivity index (χ3v) is 4.46. The molecule has 20 heavy (non-hydrogen) atoms. The van der Waals surface area contributed by atoms with Gasteiger partial charge in [-0.25, -0.2) is 0 Å². The summed E-state index contributed by atoms with van der Waals surface area (Å²) >= 11 is 0. The first-order valence-corrected chi connectivity index (χ1v) is 8.07. The van der Waals surface area contributed by atoms with Crippen molar-refractivity contribution in [3.63, 3.8) is 0 Å². The van der Waals surface area contributed by atoms with Crippen LogP contribution in [0.25, 0.3) is 0 Å². The first-order chi connectivity index (χ1) is 9.60. The van der Waals surface area contributed by atoms with E-state index in [0.717, 1.165) is 18.4 Å². The maximum atomic E-state index is 3.31. The van der Waals surface area contributed by atoms with E-state index in [-0.39, 0.29) is 0 Å². The Hall–Kier alpha value is -0.860. The van der Waals surface area contributed by atoms with Crippen molar-refractivity contribution in [1.29, 1.82) is 0 Å². The largest absolute Gasteiger partial charge is 0.319 e. The van der Waals surface area contributed by atoms with Crippen molar-refractivity contribution in [2.75, 3.05) is 26.7 Å². The van der Waals surface area contributed by atoms with Crippen LogP contribution in [0.15, 0.2) is 24.3 Å². The molecule has 0 spiro atoms. The molecule has 0 aromatic heterocycles. The van der Waals surface area contributed by atoms with Gasteiger partial charge in [0, 0.05) is 12.6 Å². The predicted octanol–water partition coefficient (Wildman–Crippen LogP) is 3.49. The average Bonchev–Trinajstić information content (AvgIpc) is 2.87. The van der Waals surface area contributed by atoms with Crippen molar-refractivity contribution in [3.8, 4) is 0 Å². The number of benzene rings is 1. The molecule has 2 rings (SSSR count). The van der Waals surface area contributed by atoms with Gasteiger partial charge in [-0.2, -0.15) is 0 Å². The second-order valence-corrected chi connectivity index (χ2v) is 6.72. The van der Waals surface area contributed by atoms with E-state index < -0.39 is 0 Å². The molecule has 1 aromatic carbocycles. The zero-order valence-electron chi connectivity index (χ0n) is 13.5. The molecule has 2 unspecified atom stereocenters. The van der Waals surface area contributed by atoms with E-state index in [1.807, 2.05) is 0 Å². The second-order valence-electron chi connectivity index (χ2n) is 6.72. The summed E-state index contributed by atoms with van der Waals surface area (Å²) in [7, 11) is 2.06. The van der Waals surface area contributed by atoms with Gasteiger partial charge in [0.2, 0.25) is 0 Å². The molecule has 1 heterocycles. The molecule has 1 N–H and O–H groups in total. The Bertz CT molecular complexity index is 396. The van der Waals surface area contributed by atoms with Gasteiger partial charge < -0.3 is 5.32 Å². The van der Waals surface area contributed by atoms with Crippen LogP contribution in [0.2, 0.25) is 0 Å². The van der Waals surface area contributed by atoms with Gasteiger partial charge in [-0.3, -0.25) is 4.90 Å². The molecule has 0 radical (unpaired) electrons. The van der Waals surface area contributed by atoms with Gasteiger partial charge in [0.15, 0.2) is 0 Å². The number of rotatable bonds is 6. The monoisotopic (exact) mass is 274 g/mol. The lowest BCUT2D eigenvalue weighted by Crippen LogP contribution is -2.27. The molecule has 1 aliphatic heterocycles. The smallest absolute Gasteiger partial charge is 0.0320 e. The fraction of sp³-hybridized carbons (Fsp3) is 0.667. The van der Waals surface area contributed by atoms with E-state index in [2.05, 4.69) is 62.3 Å². The quantitative estimate of drug-likeness (QED) is 0.854. The Balaban J connectivity index is 1.94. The maximum Gasteiger partial charge on any atom is 0.0320 e. The Labute approximate surface area is 124 Å². The minimum absolute atomic E-state index is 0.546. The molecule has 1 fully saturated rings. The summed E-state index contributed by atoms with van der Waals surface area (Å²) in [5.74, 6) is 1.56. The fourth-order valence-electron chi connectivity index (χ4n) is 3.28. The number of likely N-dealkylation sites (tertiary alicyclic amines) is 1. The van der Waals surface area contributed by atoms with Crippen LogP contribution >= 0.6 is 0 Å². The number of nitrogens with one attached hydrogen (secondary N) is 1. The molecule has 0 saturated carbocycles. The summed E-state index contributed by atoms with van der Waals surface area (Å²) in [5, 5.41) is 3.31. The van der Waals surface area contributed by atoms with Gasteiger partial charge >= 0.3 is 0 Å². The topological polar surface area (TPSA) is 15.3 Å². The van der Waals surface area contributed by atoms with Crippen LogP contribution in [0.1, 0.15) is 44.4 Å². The fourth-order valence-corrected chi connectivity index (χ4v) is 3.28. The molecule has 1 aliphatic rings. The van der Waals surface area contributed by atoms with Crippen molar-refractivity contribution in [2.45, 2.75) is 39.7 Å². The summed E-state index contributed by atoms with van der Waals surface area (Å²) in [4.78, 5) is 2.62. The van der Waals surface area contributed by atoms with Crippen molar-refractivity contribution in [3.05, 3.63) is 35.4 Å². The van der Waals surface area contributed by atoms with E-state index in [9.17, 15) is 0 Å². The molecule has 1 saturated heterocycles. The first-order valence-electron chi connectivity index (χ1n) is 8.07. The van der Waals surface area contributed by atoms with Gasteiger partial charge in [-0.1, -0.05) is 38.1 Å². The zero-order valence-corrected chi connectivity index (χ0v) is 13.5. The molecule has 0 bridgehead atoms. The summed E-state index contributed by atoms with van der Waals surface area (Å²) in [6, 6.07) is 9.83. The molecule has 2 atom stereocenters. The van der Waals surface area contributed by atoms with E-state index in [1.54, 1.807) is 0 Å². The lowest BCUT2D eigenvalue weighted by Gasteiger charge is -2.25. The maximum absolute atomic E-state index is 3.31. The minimum Gasteiger partial charge on any atom is -0.319 e. The lowest BCUT2D eigenvalue weighted by molar-refractivity contribution is 0.252. The highest BCUT2D eigenvalue weighted by atomic mass is 15.2. The molecule has 2 heteroatoms. The summed E-state index contributed by atoms with van der Waals surface area (Å²) in [5.41, 5.74) is 2.92. The van der Waals surface area contributed by atoms with Crippen LogP contribution in [0, 0.1) is 11.8 Å². The van der Waals surface area contributed by atoms with Crippen LogP contribution in [0.5, 0.6) is 0 Å². The van der Waals surface area contributed by atoms with Crippen molar-refractivity contribution < 1.29 is 0 Å². The highest BCUT2D eigenvalue weighted by Crippen LogP contribution is 2.27. The van der Waals surface area contributed by atoms with Crippen molar-refractivity contribution in [1.82, 2.24) is 10.2 Å². The number of nitrogens with zero attached hydrogens (tertiary/aromatic N) is 1. The molecule has 2 nitrogen and oxygen atoms in total. The van der Waals surface area contributed by atoms with Crippen LogP contribution < -0.4 is 5.32 Å². The summed E-state index contributed by atoms with van der Waals surface area (Å²) < 4.78 is 0. The van der Waals surface area contributed by atoms with E-state index in [1.165, 1.54) is 37.1 Å². The molecule has 112 valence electrons. The van der Waals surface area contributed by atoms with Gasteiger partial charge in [0.1, 0.15) is 0 Å². The second kappa shape index (κ2) is 7.24. The highest BCUT2D eigenvalue weighted by Gasteiger charge is 2.26. The third-order valence-electron chi connectivity index (χ3n) is 4.46. The van der Waals surface area contributed by atoms with E-state index in [0.29, 0.717) is 6.04 Å². The SMILES string of the molecule is CNCC1CCN(C(C)c2ccc(CC(C)C)cc2)C1. The highest BCUT2D eigenvalue weighted by molar-refractivity contribution is 5.25. The first kappa shape index (κ1) is 15.5. The van der Waals surface area contributed by atoms with Gasteiger partial charge in [-0.05, 0) is 62.9 Å². The van der Waals surface area contributed by atoms with E-state index in [4.69, 9.17) is 0 Å². The van der Waals surface area contributed by atoms with Crippen LogP contribution in [0.3, 0.4) is 0 Å². The van der Waals surface area contributed by atoms with Gasteiger partial charge in [-0.15, -0.1) is 0 Å². The van der Waals surface area contributed by atoms with Crippen LogP contribution in [-0.4, -0.2) is 31.6 Å². The normalized spacial score (nSPS) is 21.6. The van der Waals surface area contributed by atoms with Crippen molar-refractivity contribution in [2.24, 2.45) is 11.8 Å². The lowest BCUT2D eigenvalue weighted by atomic mass is 9.99. The van der Waals surface area contributed by atoms with Crippen molar-refractivity contribution >= 4 is 0 Å². The minimum atomic E-state index is 0.546. The molecule has 0 amide bonds. The van der Waals surface area contributed by atoms with Crippen LogP contribution in [0.4, 0.5) is 0 Å². The molecular formula is C18H30N2. The summed E-state index contributed by atoms with van der Waals surface area (Å²) in [6.45, 7) is 10.5. The zero-order chi connectivity index (χ0) is 14.5. The number of hydrogen-bond acceptors (Lipinski definition) is 2. The Morgan fingerprint density at radius 3 is 2.50 bits per heavy atom. The van der Waals surface area contributed by atoms with E-state index >= 15 is 0 Å². The van der Waals surface area contributed by atoms with Crippen LogP contribution in [-0.2, 0) is 6.42 Å². The number of hydrogen-bond donors (Lipinski definition) is 1. The Morgan fingerprint density at radius 1 is 1.20 bits per heavy atom. The third kappa shape index (κ3) is 4.07. The van der Waals surface area contributed by atoms with Gasteiger partial charge in [0.25, 0.3) is 0 Å². The molecule has 1 aromatic rings. The Morgan fingerprint density at radius 2 is 1.90 bits per heavy atom. The Kier molecular flexibility index (Phi) is 5.62. The predicted molar refractivity (Wildman–Crippen MR) is 87.0 cm³/mol. The standard InChI is InChI=1S/C18H30N2/c1-14(2)11-16-5-7-18(8-6-16)15(3)20-10-9-17(13-20)12-19-4/h5-8,14-15,17,19H,9-13H2,1-4H3. The molecule has 0 aliphatic carbocycles. The average molecular weight is 274 g/mol. The summed E-state index contributed by atoms with van der Waals surface area (Å²) in [6.07, 6.45) is 2.51.